The minimum Gasteiger partial charge on any atom is -0.444 e. The molecule has 0 saturated carbocycles. The molecule has 0 aromatic carbocycles. The van der Waals surface area contributed by atoms with Crippen molar-refractivity contribution in [2.24, 2.45) is 0 Å². The molecule has 1 aromatic heterocycles. The molecule has 1 saturated heterocycles. The summed E-state index contributed by atoms with van der Waals surface area (Å²) in [6.45, 7) is 12.4. The number of nitrogens with one attached hydrogen (secondary N) is 1. The molecule has 28 heavy (non-hydrogen) atoms. The van der Waals surface area contributed by atoms with E-state index in [9.17, 15) is 9.59 Å². The highest BCUT2D eigenvalue weighted by atomic mass is 32.1. The van der Waals surface area contributed by atoms with Crippen molar-refractivity contribution >= 4 is 23.3 Å². The normalized spacial score (nSPS) is 19.2. The van der Waals surface area contributed by atoms with Crippen LogP contribution in [0.15, 0.2) is 17.5 Å². The van der Waals surface area contributed by atoms with Crippen LogP contribution in [0.5, 0.6) is 0 Å². The summed E-state index contributed by atoms with van der Waals surface area (Å²) in [7, 11) is 0. The van der Waals surface area contributed by atoms with Gasteiger partial charge in [0.25, 0.3) is 0 Å². The molecule has 2 heterocycles. The van der Waals surface area contributed by atoms with Gasteiger partial charge in [0.15, 0.2) is 0 Å². The molecule has 1 fully saturated rings. The number of hydrogen-bond donors (Lipinski definition) is 1. The zero-order chi connectivity index (χ0) is 20.7. The van der Waals surface area contributed by atoms with Gasteiger partial charge in [0, 0.05) is 24.0 Å². The zero-order valence-electron chi connectivity index (χ0n) is 17.9. The van der Waals surface area contributed by atoms with E-state index in [0.29, 0.717) is 25.7 Å². The summed E-state index contributed by atoms with van der Waals surface area (Å²) in [4.78, 5) is 30.1. The molecule has 2 amide bonds. The van der Waals surface area contributed by atoms with Gasteiger partial charge in [-0.25, -0.2) is 4.79 Å². The second kappa shape index (κ2) is 10.3. The average Bonchev–Trinajstić information content (AvgIpc) is 3.03. The Morgan fingerprint density at radius 1 is 1.36 bits per heavy atom. The van der Waals surface area contributed by atoms with E-state index >= 15 is 0 Å². The Morgan fingerprint density at radius 3 is 2.71 bits per heavy atom. The third-order valence-corrected chi connectivity index (χ3v) is 6.02. The molecule has 1 aliphatic heterocycles. The molecule has 0 radical (unpaired) electrons. The summed E-state index contributed by atoms with van der Waals surface area (Å²) in [6, 6.07) is 4.38. The van der Waals surface area contributed by atoms with Gasteiger partial charge in [-0.1, -0.05) is 13.0 Å². The molecule has 1 N–H and O–H groups in total. The lowest BCUT2D eigenvalue weighted by molar-refractivity contribution is -0.123. The van der Waals surface area contributed by atoms with Crippen molar-refractivity contribution in [1.29, 1.82) is 0 Å². The Bertz CT molecular complexity index is 627. The van der Waals surface area contributed by atoms with E-state index in [4.69, 9.17) is 4.74 Å². The maximum atomic E-state index is 12.5. The first-order valence-electron chi connectivity index (χ1n) is 10.2. The fraction of sp³-hybridized carbons (Fsp3) is 0.714. The number of hydrogen-bond acceptors (Lipinski definition) is 5. The van der Waals surface area contributed by atoms with Crippen molar-refractivity contribution in [2.75, 3.05) is 26.2 Å². The lowest BCUT2D eigenvalue weighted by Crippen LogP contribution is -2.44. The summed E-state index contributed by atoms with van der Waals surface area (Å²) < 4.78 is 5.51. The van der Waals surface area contributed by atoms with Crippen LogP contribution in [0.2, 0.25) is 0 Å². The quantitative estimate of drug-likeness (QED) is 0.770. The van der Waals surface area contributed by atoms with E-state index in [2.05, 4.69) is 17.1 Å². The Kier molecular flexibility index (Phi) is 8.31. The van der Waals surface area contributed by atoms with Gasteiger partial charge in [0.05, 0.1) is 12.6 Å². The van der Waals surface area contributed by atoms with Gasteiger partial charge in [-0.05, 0) is 64.9 Å². The van der Waals surface area contributed by atoms with E-state index in [1.54, 1.807) is 16.2 Å². The Morgan fingerprint density at radius 2 is 2.11 bits per heavy atom. The third kappa shape index (κ3) is 7.09. The van der Waals surface area contributed by atoms with Crippen LogP contribution < -0.4 is 5.32 Å². The molecule has 158 valence electrons. The number of thiophene rings is 1. The summed E-state index contributed by atoms with van der Waals surface area (Å²) >= 11 is 1.66. The van der Waals surface area contributed by atoms with Crippen molar-refractivity contribution in [3.63, 3.8) is 0 Å². The van der Waals surface area contributed by atoms with Crippen molar-refractivity contribution < 1.29 is 14.3 Å². The summed E-state index contributed by atoms with van der Waals surface area (Å²) in [5, 5.41) is 5.13. The maximum absolute atomic E-state index is 12.5. The van der Waals surface area contributed by atoms with E-state index < -0.39 is 5.60 Å². The molecule has 7 heteroatoms. The van der Waals surface area contributed by atoms with Crippen LogP contribution in [-0.2, 0) is 9.53 Å². The highest BCUT2D eigenvalue weighted by Gasteiger charge is 2.28. The molecular weight excluding hydrogens is 374 g/mol. The second-order valence-electron chi connectivity index (χ2n) is 8.42. The number of likely N-dealkylation sites (N-methyl/N-ethyl adjacent to an activating group) is 1. The Hall–Kier alpha value is -1.60. The van der Waals surface area contributed by atoms with Crippen molar-refractivity contribution in [3.8, 4) is 0 Å². The first kappa shape index (κ1) is 22.7. The van der Waals surface area contributed by atoms with E-state index in [1.807, 2.05) is 45.2 Å². The standard InChI is InChI=1S/C21H35N3O3S/c1-6-23(15-19(25)22-16(2)18-10-8-14-28-18)17-9-7-12-24(13-11-17)20(26)27-21(3,4)5/h8,10,14,16-17H,6-7,9,11-13,15H2,1-5H3,(H,22,25)/t16-,17+/m1/s1. The Balaban J connectivity index is 1.86. The first-order valence-corrected chi connectivity index (χ1v) is 11.1. The van der Waals surface area contributed by atoms with Crippen LogP contribution in [0.3, 0.4) is 0 Å². The lowest BCUT2D eigenvalue weighted by atomic mass is 10.1. The third-order valence-electron chi connectivity index (χ3n) is 4.97. The lowest BCUT2D eigenvalue weighted by Gasteiger charge is -2.30. The molecule has 0 unspecified atom stereocenters. The highest BCUT2D eigenvalue weighted by molar-refractivity contribution is 7.10. The van der Waals surface area contributed by atoms with Gasteiger partial charge in [-0.15, -0.1) is 11.3 Å². The predicted molar refractivity (Wildman–Crippen MR) is 114 cm³/mol. The molecule has 1 aromatic rings. The van der Waals surface area contributed by atoms with Gasteiger partial charge < -0.3 is 15.0 Å². The number of likely N-dealkylation sites (tertiary alicyclic amines) is 1. The average molecular weight is 410 g/mol. The second-order valence-corrected chi connectivity index (χ2v) is 9.40. The molecular formula is C21H35N3O3S. The number of ether oxygens (including phenoxy) is 1. The fourth-order valence-electron chi connectivity index (χ4n) is 3.53. The monoisotopic (exact) mass is 409 g/mol. The number of amides is 2. The largest absolute Gasteiger partial charge is 0.444 e. The highest BCUT2D eigenvalue weighted by Crippen LogP contribution is 2.20. The first-order chi connectivity index (χ1) is 13.2. The number of carbonyl (C=O) groups is 2. The van der Waals surface area contributed by atoms with Crippen LogP contribution in [0.1, 0.15) is 64.8 Å². The van der Waals surface area contributed by atoms with Crippen molar-refractivity contribution in [2.45, 2.75) is 71.6 Å². The van der Waals surface area contributed by atoms with Gasteiger partial charge in [0.2, 0.25) is 5.91 Å². The SMILES string of the molecule is CCN(CC(=O)N[C@H](C)c1cccs1)[C@H]1CCCN(C(=O)OC(C)(C)C)CC1. The number of carbonyl (C=O) groups excluding carboxylic acids is 2. The van der Waals surface area contributed by atoms with Crippen molar-refractivity contribution in [3.05, 3.63) is 22.4 Å². The molecule has 1 aliphatic rings. The molecule has 0 spiro atoms. The smallest absolute Gasteiger partial charge is 0.410 e. The van der Waals surface area contributed by atoms with E-state index in [0.717, 1.165) is 25.8 Å². The molecule has 6 nitrogen and oxygen atoms in total. The maximum Gasteiger partial charge on any atom is 0.410 e. The summed E-state index contributed by atoms with van der Waals surface area (Å²) in [5.41, 5.74) is -0.477. The molecule has 0 aliphatic carbocycles. The summed E-state index contributed by atoms with van der Waals surface area (Å²) in [6.07, 6.45) is 2.54. The summed E-state index contributed by atoms with van der Waals surface area (Å²) in [5.74, 6) is 0.0518. The number of nitrogens with zero attached hydrogens (tertiary/aromatic N) is 2. The van der Waals surface area contributed by atoms with Crippen LogP contribution in [0, 0.1) is 0 Å². The number of rotatable bonds is 6. The van der Waals surface area contributed by atoms with Gasteiger partial charge in [0.1, 0.15) is 5.60 Å². The molecule has 2 atom stereocenters. The van der Waals surface area contributed by atoms with Gasteiger partial charge >= 0.3 is 6.09 Å². The van der Waals surface area contributed by atoms with E-state index in [-0.39, 0.29) is 18.0 Å². The van der Waals surface area contributed by atoms with Crippen LogP contribution in [-0.4, -0.2) is 59.6 Å². The fourth-order valence-corrected chi connectivity index (χ4v) is 4.27. The molecule has 2 rings (SSSR count). The van der Waals surface area contributed by atoms with Crippen LogP contribution >= 0.6 is 11.3 Å². The predicted octanol–water partition coefficient (Wildman–Crippen LogP) is 4.04. The molecule has 0 bridgehead atoms. The van der Waals surface area contributed by atoms with E-state index in [1.165, 1.54) is 4.88 Å². The Labute approximate surface area is 173 Å². The minimum atomic E-state index is -0.477. The minimum absolute atomic E-state index is 0.0306. The van der Waals surface area contributed by atoms with Crippen LogP contribution in [0.25, 0.3) is 0 Å². The van der Waals surface area contributed by atoms with Crippen molar-refractivity contribution in [1.82, 2.24) is 15.1 Å². The van der Waals surface area contributed by atoms with Gasteiger partial charge in [-0.3, -0.25) is 9.69 Å². The van der Waals surface area contributed by atoms with Crippen LogP contribution in [0.4, 0.5) is 4.79 Å². The van der Waals surface area contributed by atoms with Gasteiger partial charge in [-0.2, -0.15) is 0 Å². The topological polar surface area (TPSA) is 61.9 Å². The zero-order valence-corrected chi connectivity index (χ0v) is 18.7.